The average molecular weight is 291 g/mol. The molecule has 0 aromatic heterocycles. The van der Waals surface area contributed by atoms with Gasteiger partial charge in [-0.15, -0.1) is 6.58 Å². The maximum absolute atomic E-state index is 12.3. The number of allylic oxidation sites excluding steroid dienone is 2. The third-order valence-corrected chi connectivity index (χ3v) is 3.90. The van der Waals surface area contributed by atoms with Gasteiger partial charge >= 0.3 is 11.9 Å². The van der Waals surface area contributed by atoms with Crippen LogP contribution in [0.15, 0.2) is 24.8 Å². The van der Waals surface area contributed by atoms with E-state index in [1.54, 1.807) is 19.9 Å². The van der Waals surface area contributed by atoms with Gasteiger partial charge in [0.15, 0.2) is 5.41 Å². The number of esters is 2. The van der Waals surface area contributed by atoms with Crippen molar-refractivity contribution in [3.05, 3.63) is 24.8 Å². The standard InChI is InChI=1S/C16H21NO4/c1-5-12-8-16(14(18)20-6-2,15(19)21-7-3)9-13(12)11(4)10-17/h5,12-13H,1,4,6-9H2,2-3H3/t12-,13-/m0/s1. The molecule has 0 N–H and O–H groups in total. The van der Waals surface area contributed by atoms with Crippen molar-refractivity contribution in [3.63, 3.8) is 0 Å². The number of ether oxygens (including phenoxy) is 2. The number of nitrogens with zero attached hydrogens (tertiary/aromatic N) is 1. The number of carbonyl (C=O) groups excluding carboxylic acids is 2. The van der Waals surface area contributed by atoms with E-state index in [1.807, 2.05) is 6.07 Å². The van der Waals surface area contributed by atoms with E-state index in [9.17, 15) is 9.59 Å². The molecule has 0 aromatic carbocycles. The summed E-state index contributed by atoms with van der Waals surface area (Å²) in [5.41, 5.74) is -1.02. The largest absolute Gasteiger partial charge is 0.465 e. The highest BCUT2D eigenvalue weighted by atomic mass is 16.6. The van der Waals surface area contributed by atoms with Crippen LogP contribution < -0.4 is 0 Å². The lowest BCUT2D eigenvalue weighted by Gasteiger charge is -2.24. The summed E-state index contributed by atoms with van der Waals surface area (Å²) >= 11 is 0. The highest BCUT2D eigenvalue weighted by Gasteiger charge is 2.57. The molecule has 2 atom stereocenters. The monoisotopic (exact) mass is 291 g/mol. The normalized spacial score (nSPS) is 22.9. The number of hydrogen-bond donors (Lipinski definition) is 0. The minimum absolute atomic E-state index is 0.174. The van der Waals surface area contributed by atoms with Gasteiger partial charge in [0.25, 0.3) is 0 Å². The number of carbonyl (C=O) groups is 2. The van der Waals surface area contributed by atoms with Crippen molar-refractivity contribution in [2.45, 2.75) is 26.7 Å². The molecule has 0 aromatic rings. The Balaban J connectivity index is 3.18. The van der Waals surface area contributed by atoms with Crippen molar-refractivity contribution >= 4 is 11.9 Å². The molecule has 0 aliphatic heterocycles. The predicted molar refractivity (Wildman–Crippen MR) is 76.9 cm³/mol. The van der Waals surface area contributed by atoms with E-state index >= 15 is 0 Å². The highest BCUT2D eigenvalue weighted by molar-refractivity contribution is 6.00. The van der Waals surface area contributed by atoms with Crippen LogP contribution in [0.1, 0.15) is 26.7 Å². The molecule has 0 amide bonds. The summed E-state index contributed by atoms with van der Waals surface area (Å²) in [6, 6.07) is 2.00. The Morgan fingerprint density at radius 2 is 1.81 bits per heavy atom. The molecule has 114 valence electrons. The Morgan fingerprint density at radius 1 is 1.29 bits per heavy atom. The fourth-order valence-corrected chi connectivity index (χ4v) is 2.82. The third-order valence-electron chi connectivity index (χ3n) is 3.90. The van der Waals surface area contributed by atoms with Crippen LogP contribution in [0.4, 0.5) is 0 Å². The van der Waals surface area contributed by atoms with Crippen LogP contribution >= 0.6 is 0 Å². The lowest BCUT2D eigenvalue weighted by Crippen LogP contribution is -2.40. The predicted octanol–water partition coefficient (Wildman–Crippen LogP) is 2.39. The van der Waals surface area contributed by atoms with Crippen molar-refractivity contribution in [1.29, 1.82) is 5.26 Å². The second kappa shape index (κ2) is 7.07. The molecule has 0 heterocycles. The van der Waals surface area contributed by atoms with Gasteiger partial charge in [-0.2, -0.15) is 5.26 Å². The molecule has 0 radical (unpaired) electrons. The molecule has 1 aliphatic carbocycles. The Hall–Kier alpha value is -2.09. The van der Waals surface area contributed by atoms with Gasteiger partial charge in [0, 0.05) is 11.5 Å². The number of hydrogen-bond acceptors (Lipinski definition) is 5. The maximum Gasteiger partial charge on any atom is 0.323 e. The van der Waals surface area contributed by atoms with Gasteiger partial charge in [-0.25, -0.2) is 0 Å². The minimum Gasteiger partial charge on any atom is -0.465 e. The van der Waals surface area contributed by atoms with Crippen LogP contribution in [0, 0.1) is 28.6 Å². The van der Waals surface area contributed by atoms with Crippen molar-refractivity contribution in [2.24, 2.45) is 17.3 Å². The van der Waals surface area contributed by atoms with Crippen LogP contribution in [-0.4, -0.2) is 25.2 Å². The van der Waals surface area contributed by atoms with Crippen LogP contribution in [0.3, 0.4) is 0 Å². The van der Waals surface area contributed by atoms with Gasteiger partial charge in [-0.1, -0.05) is 12.7 Å². The molecule has 1 fully saturated rings. The fraction of sp³-hybridized carbons (Fsp3) is 0.562. The molecular weight excluding hydrogens is 270 g/mol. The molecule has 0 unspecified atom stereocenters. The third kappa shape index (κ3) is 3.15. The maximum atomic E-state index is 12.3. The van der Waals surface area contributed by atoms with Crippen molar-refractivity contribution in [1.82, 2.24) is 0 Å². The molecule has 21 heavy (non-hydrogen) atoms. The van der Waals surface area contributed by atoms with Crippen molar-refractivity contribution < 1.29 is 19.1 Å². The quantitative estimate of drug-likeness (QED) is 0.325. The van der Waals surface area contributed by atoms with Crippen LogP contribution in [-0.2, 0) is 19.1 Å². The van der Waals surface area contributed by atoms with E-state index in [-0.39, 0.29) is 37.9 Å². The Bertz CT molecular complexity index is 471. The first-order chi connectivity index (χ1) is 9.96. The summed E-state index contributed by atoms with van der Waals surface area (Å²) in [7, 11) is 0. The lowest BCUT2D eigenvalue weighted by molar-refractivity contribution is -0.171. The van der Waals surface area contributed by atoms with Gasteiger partial charge in [0.2, 0.25) is 0 Å². The smallest absolute Gasteiger partial charge is 0.323 e. The second-order valence-corrected chi connectivity index (χ2v) is 5.07. The Morgan fingerprint density at radius 3 is 2.19 bits per heavy atom. The van der Waals surface area contributed by atoms with Crippen molar-refractivity contribution in [3.8, 4) is 6.07 Å². The Labute approximate surface area is 125 Å². The second-order valence-electron chi connectivity index (χ2n) is 5.07. The SMILES string of the molecule is C=C[C@H]1CC(C(=O)OCC)(C(=O)OCC)C[C@H]1C(=C)C#N. The Kier molecular flexibility index (Phi) is 5.71. The van der Waals surface area contributed by atoms with Crippen molar-refractivity contribution in [2.75, 3.05) is 13.2 Å². The van der Waals surface area contributed by atoms with E-state index in [0.717, 1.165) is 0 Å². The van der Waals surface area contributed by atoms with Crippen LogP contribution in [0.25, 0.3) is 0 Å². The molecule has 1 saturated carbocycles. The molecular formula is C16H21NO4. The fourth-order valence-electron chi connectivity index (χ4n) is 2.82. The lowest BCUT2D eigenvalue weighted by atomic mass is 9.84. The molecule has 1 rings (SSSR count). The van der Waals surface area contributed by atoms with E-state index < -0.39 is 17.4 Å². The molecule has 0 spiro atoms. The van der Waals surface area contributed by atoms with Gasteiger partial charge in [-0.3, -0.25) is 9.59 Å². The number of rotatable bonds is 6. The average Bonchev–Trinajstić information content (AvgIpc) is 2.88. The highest BCUT2D eigenvalue weighted by Crippen LogP contribution is 2.50. The first-order valence-electron chi connectivity index (χ1n) is 7.02. The van der Waals surface area contributed by atoms with E-state index in [4.69, 9.17) is 14.7 Å². The van der Waals surface area contributed by atoms with Gasteiger partial charge < -0.3 is 9.47 Å². The summed E-state index contributed by atoms with van der Waals surface area (Å²) < 4.78 is 10.1. The molecule has 0 bridgehead atoms. The van der Waals surface area contributed by atoms with E-state index in [0.29, 0.717) is 5.57 Å². The van der Waals surface area contributed by atoms with E-state index in [1.165, 1.54) is 0 Å². The zero-order chi connectivity index (χ0) is 16.0. The summed E-state index contributed by atoms with van der Waals surface area (Å²) in [5.74, 6) is -1.65. The van der Waals surface area contributed by atoms with Gasteiger partial charge in [-0.05, 0) is 32.6 Å². The topological polar surface area (TPSA) is 76.4 Å². The van der Waals surface area contributed by atoms with Crippen LogP contribution in [0.5, 0.6) is 0 Å². The zero-order valence-corrected chi connectivity index (χ0v) is 12.6. The zero-order valence-electron chi connectivity index (χ0n) is 12.6. The summed E-state index contributed by atoms with van der Waals surface area (Å²) in [6.07, 6.45) is 2.07. The van der Waals surface area contributed by atoms with Crippen LogP contribution in [0.2, 0.25) is 0 Å². The minimum atomic E-state index is -1.37. The molecule has 0 saturated heterocycles. The first-order valence-corrected chi connectivity index (χ1v) is 7.02. The molecule has 5 heteroatoms. The summed E-state index contributed by atoms with van der Waals surface area (Å²) in [6.45, 7) is 11.2. The first kappa shape index (κ1) is 17.0. The number of nitriles is 1. The van der Waals surface area contributed by atoms with E-state index in [2.05, 4.69) is 13.2 Å². The summed E-state index contributed by atoms with van der Waals surface area (Å²) in [5, 5.41) is 9.05. The molecule has 5 nitrogen and oxygen atoms in total. The molecule has 1 aliphatic rings. The van der Waals surface area contributed by atoms with Gasteiger partial charge in [0.05, 0.1) is 19.3 Å². The van der Waals surface area contributed by atoms with Gasteiger partial charge in [0.1, 0.15) is 0 Å². The summed E-state index contributed by atoms with van der Waals surface area (Å²) in [4.78, 5) is 24.7.